The van der Waals surface area contributed by atoms with E-state index >= 15 is 0 Å². The van der Waals surface area contributed by atoms with Crippen molar-refractivity contribution < 1.29 is 4.79 Å². The molecule has 0 aliphatic carbocycles. The molecule has 4 rings (SSSR count). The van der Waals surface area contributed by atoms with Gasteiger partial charge in [0.1, 0.15) is 5.82 Å². The number of anilines is 2. The van der Waals surface area contributed by atoms with E-state index in [4.69, 9.17) is 4.98 Å². The van der Waals surface area contributed by atoms with E-state index in [0.717, 1.165) is 37.1 Å². The highest BCUT2D eigenvalue weighted by molar-refractivity contribution is 6.11. The number of pyridine rings is 1. The van der Waals surface area contributed by atoms with Gasteiger partial charge in [-0.2, -0.15) is 0 Å². The van der Waals surface area contributed by atoms with Crippen molar-refractivity contribution in [1.82, 2.24) is 20.3 Å². The molecule has 0 saturated carbocycles. The minimum absolute atomic E-state index is 0.270. The fraction of sp³-hybridized carbons (Fsp3) is 0.263. The Morgan fingerprint density at radius 2 is 1.85 bits per heavy atom. The zero-order valence-corrected chi connectivity index (χ0v) is 14.3. The smallest absolute Gasteiger partial charge is 0.260 e. The van der Waals surface area contributed by atoms with Crippen LogP contribution < -0.4 is 16.0 Å². The summed E-state index contributed by atoms with van der Waals surface area (Å²) in [5.74, 6) is 0.799. The van der Waals surface area contributed by atoms with Crippen molar-refractivity contribution in [2.45, 2.75) is 18.9 Å². The number of aromatic nitrogens is 3. The van der Waals surface area contributed by atoms with E-state index in [9.17, 15) is 4.79 Å². The third-order valence-corrected chi connectivity index (χ3v) is 4.45. The van der Waals surface area contributed by atoms with Gasteiger partial charge in [-0.3, -0.25) is 10.1 Å². The standard InChI is InChI=1S/C19H20N6O/c26-18(25-19-21-9-2-10-22-19)15-4-1-3-13-5-6-16(24-17(13)15)23-14-7-11-20-12-8-14/h1-6,9-10,14,20H,7-8,11-12H2,(H,23,24)(H,21,22,25,26). The molecule has 7 nitrogen and oxygen atoms in total. The first-order valence-electron chi connectivity index (χ1n) is 8.75. The molecule has 1 saturated heterocycles. The van der Waals surface area contributed by atoms with Gasteiger partial charge >= 0.3 is 0 Å². The van der Waals surface area contributed by atoms with Crippen molar-refractivity contribution >= 4 is 28.6 Å². The van der Waals surface area contributed by atoms with E-state index in [2.05, 4.69) is 25.9 Å². The van der Waals surface area contributed by atoms with Crippen LogP contribution in [0.5, 0.6) is 0 Å². The molecule has 26 heavy (non-hydrogen) atoms. The second kappa shape index (κ2) is 7.45. The number of amides is 1. The molecule has 0 unspecified atom stereocenters. The van der Waals surface area contributed by atoms with Crippen molar-refractivity contribution in [3.05, 3.63) is 54.4 Å². The summed E-state index contributed by atoms with van der Waals surface area (Å²) < 4.78 is 0. The zero-order valence-electron chi connectivity index (χ0n) is 14.3. The topological polar surface area (TPSA) is 91.8 Å². The summed E-state index contributed by atoms with van der Waals surface area (Å²) in [5, 5.41) is 10.5. The molecule has 1 fully saturated rings. The van der Waals surface area contributed by atoms with Gasteiger partial charge in [0.15, 0.2) is 0 Å². The number of hydrogen-bond acceptors (Lipinski definition) is 6. The third kappa shape index (κ3) is 3.62. The quantitative estimate of drug-likeness (QED) is 0.671. The van der Waals surface area contributed by atoms with Gasteiger partial charge in [-0.15, -0.1) is 0 Å². The van der Waals surface area contributed by atoms with Crippen LogP contribution in [-0.2, 0) is 0 Å². The number of nitrogens with zero attached hydrogens (tertiary/aromatic N) is 3. The van der Waals surface area contributed by atoms with E-state index in [1.807, 2.05) is 24.3 Å². The minimum Gasteiger partial charge on any atom is -0.367 e. The molecule has 3 N–H and O–H groups in total. The highest BCUT2D eigenvalue weighted by Crippen LogP contribution is 2.21. The van der Waals surface area contributed by atoms with Crippen molar-refractivity contribution in [1.29, 1.82) is 0 Å². The Labute approximate surface area is 151 Å². The molecule has 3 heterocycles. The molecule has 0 spiro atoms. The van der Waals surface area contributed by atoms with Gasteiger partial charge in [0.25, 0.3) is 5.91 Å². The maximum atomic E-state index is 12.7. The van der Waals surface area contributed by atoms with E-state index < -0.39 is 0 Å². The highest BCUT2D eigenvalue weighted by atomic mass is 16.1. The van der Waals surface area contributed by atoms with Gasteiger partial charge in [0, 0.05) is 23.8 Å². The van der Waals surface area contributed by atoms with Crippen LogP contribution in [0.25, 0.3) is 10.9 Å². The van der Waals surface area contributed by atoms with E-state index in [1.54, 1.807) is 24.5 Å². The number of benzene rings is 1. The first-order valence-corrected chi connectivity index (χ1v) is 8.75. The number of piperidine rings is 1. The van der Waals surface area contributed by atoms with E-state index in [0.29, 0.717) is 17.1 Å². The number of hydrogen-bond donors (Lipinski definition) is 3. The molecular weight excluding hydrogens is 328 g/mol. The predicted octanol–water partition coefficient (Wildman–Crippen LogP) is 2.44. The lowest BCUT2D eigenvalue weighted by Gasteiger charge is -2.24. The monoisotopic (exact) mass is 348 g/mol. The summed E-state index contributed by atoms with van der Waals surface area (Å²) >= 11 is 0. The highest BCUT2D eigenvalue weighted by Gasteiger charge is 2.16. The molecule has 3 aromatic rings. The summed E-state index contributed by atoms with van der Waals surface area (Å²) in [4.78, 5) is 25.4. The van der Waals surface area contributed by atoms with Crippen molar-refractivity contribution in [2.24, 2.45) is 0 Å². The molecule has 0 bridgehead atoms. The Kier molecular flexibility index (Phi) is 4.70. The summed E-state index contributed by atoms with van der Waals surface area (Å²) in [5.41, 5.74) is 1.17. The van der Waals surface area contributed by atoms with Gasteiger partial charge in [0.2, 0.25) is 5.95 Å². The summed E-state index contributed by atoms with van der Waals surface area (Å²) in [7, 11) is 0. The molecule has 132 valence electrons. The van der Waals surface area contributed by atoms with Crippen molar-refractivity contribution in [2.75, 3.05) is 23.7 Å². The normalized spacial score (nSPS) is 14.9. The molecule has 1 aliphatic heterocycles. The predicted molar refractivity (Wildman–Crippen MR) is 101 cm³/mol. The number of nitrogens with one attached hydrogen (secondary N) is 3. The Morgan fingerprint density at radius 3 is 2.65 bits per heavy atom. The maximum absolute atomic E-state index is 12.7. The minimum atomic E-state index is -0.270. The summed E-state index contributed by atoms with van der Waals surface area (Å²) in [6.45, 7) is 2.02. The van der Waals surface area contributed by atoms with Gasteiger partial charge in [-0.05, 0) is 50.2 Å². The molecule has 1 aliphatic rings. The van der Waals surface area contributed by atoms with Crippen LogP contribution in [-0.4, -0.2) is 40.0 Å². The number of fused-ring (bicyclic) bond motifs is 1. The summed E-state index contributed by atoms with van der Waals surface area (Å²) in [6, 6.07) is 11.6. The van der Waals surface area contributed by atoms with Crippen LogP contribution in [0, 0.1) is 0 Å². The van der Waals surface area contributed by atoms with Gasteiger partial charge in [-0.1, -0.05) is 12.1 Å². The van der Waals surface area contributed by atoms with Crippen LogP contribution in [0.4, 0.5) is 11.8 Å². The van der Waals surface area contributed by atoms with E-state index in [-0.39, 0.29) is 11.9 Å². The van der Waals surface area contributed by atoms with Crippen LogP contribution in [0.2, 0.25) is 0 Å². The molecular formula is C19H20N6O. The van der Waals surface area contributed by atoms with Crippen molar-refractivity contribution in [3.8, 4) is 0 Å². The Hall–Kier alpha value is -3.06. The molecule has 1 aromatic carbocycles. The van der Waals surface area contributed by atoms with Crippen LogP contribution in [0.1, 0.15) is 23.2 Å². The average Bonchev–Trinajstić information content (AvgIpc) is 2.69. The van der Waals surface area contributed by atoms with Gasteiger partial charge in [-0.25, -0.2) is 15.0 Å². The van der Waals surface area contributed by atoms with E-state index in [1.165, 1.54) is 0 Å². The average molecular weight is 348 g/mol. The Morgan fingerprint density at radius 1 is 1.04 bits per heavy atom. The molecule has 1 amide bonds. The number of carbonyl (C=O) groups excluding carboxylic acids is 1. The van der Waals surface area contributed by atoms with Crippen LogP contribution >= 0.6 is 0 Å². The molecule has 2 aromatic heterocycles. The fourth-order valence-electron chi connectivity index (χ4n) is 3.12. The largest absolute Gasteiger partial charge is 0.367 e. The van der Waals surface area contributed by atoms with Gasteiger partial charge in [0.05, 0.1) is 11.1 Å². The molecule has 0 atom stereocenters. The first kappa shape index (κ1) is 16.4. The maximum Gasteiger partial charge on any atom is 0.260 e. The molecule has 7 heteroatoms. The second-order valence-corrected chi connectivity index (χ2v) is 6.27. The zero-order chi connectivity index (χ0) is 17.8. The van der Waals surface area contributed by atoms with Crippen molar-refractivity contribution in [3.63, 3.8) is 0 Å². The first-order chi connectivity index (χ1) is 12.8. The third-order valence-electron chi connectivity index (χ3n) is 4.45. The lowest BCUT2D eigenvalue weighted by Crippen LogP contribution is -2.35. The number of rotatable bonds is 4. The lowest BCUT2D eigenvalue weighted by molar-refractivity contribution is 0.102. The van der Waals surface area contributed by atoms with Gasteiger partial charge < -0.3 is 10.6 Å². The fourth-order valence-corrected chi connectivity index (χ4v) is 3.12. The summed E-state index contributed by atoms with van der Waals surface area (Å²) in [6.07, 6.45) is 5.30. The SMILES string of the molecule is O=C(Nc1ncccn1)c1cccc2ccc(NC3CCNCC3)nc12. The number of carbonyl (C=O) groups is 1. The lowest BCUT2D eigenvalue weighted by atomic mass is 10.1. The number of para-hydroxylation sites is 1. The second-order valence-electron chi connectivity index (χ2n) is 6.27. The van der Waals surface area contributed by atoms with Crippen LogP contribution in [0.15, 0.2) is 48.8 Å². The van der Waals surface area contributed by atoms with Crippen LogP contribution in [0.3, 0.4) is 0 Å². The Bertz CT molecular complexity index is 908. The molecule has 0 radical (unpaired) electrons. The Balaban J connectivity index is 1.61.